The smallest absolute Gasteiger partial charge is 0.0648 e. The van der Waals surface area contributed by atoms with Gasteiger partial charge in [0.25, 0.3) is 0 Å². The molecule has 0 amide bonds. The Bertz CT molecular complexity index is 86.7. The van der Waals surface area contributed by atoms with Crippen molar-refractivity contribution in [2.24, 2.45) is 5.92 Å². The molecule has 10 heavy (non-hydrogen) atoms. The quantitative estimate of drug-likeness (QED) is 0.536. The Kier molecular flexibility index (Phi) is 5.32. The summed E-state index contributed by atoms with van der Waals surface area (Å²) in [5.41, 5.74) is 0. The molecule has 0 bridgehead atoms. The third-order valence-corrected chi connectivity index (χ3v) is 1.30. The van der Waals surface area contributed by atoms with Gasteiger partial charge in [0.2, 0.25) is 0 Å². The van der Waals surface area contributed by atoms with Crippen molar-refractivity contribution < 1.29 is 4.74 Å². The van der Waals surface area contributed by atoms with Gasteiger partial charge in [0.05, 0.1) is 12.7 Å². The van der Waals surface area contributed by atoms with Gasteiger partial charge in [-0.1, -0.05) is 19.9 Å². The van der Waals surface area contributed by atoms with Crippen LogP contribution < -0.4 is 0 Å². The van der Waals surface area contributed by atoms with Crippen LogP contribution in [0.2, 0.25) is 0 Å². The molecular formula is C9H18O. The Morgan fingerprint density at radius 2 is 2.00 bits per heavy atom. The number of rotatable bonds is 5. The van der Waals surface area contributed by atoms with Crippen LogP contribution >= 0.6 is 0 Å². The molecule has 0 radical (unpaired) electrons. The van der Waals surface area contributed by atoms with E-state index in [0.717, 1.165) is 12.3 Å². The van der Waals surface area contributed by atoms with E-state index >= 15 is 0 Å². The Morgan fingerprint density at radius 1 is 1.40 bits per heavy atom. The highest BCUT2D eigenvalue weighted by atomic mass is 16.5. The average molecular weight is 142 g/mol. The van der Waals surface area contributed by atoms with Crippen molar-refractivity contribution in [2.75, 3.05) is 6.61 Å². The summed E-state index contributed by atoms with van der Waals surface area (Å²) >= 11 is 0. The minimum atomic E-state index is 0.373. The fourth-order valence-electron chi connectivity index (χ4n) is 0.964. The van der Waals surface area contributed by atoms with Crippen molar-refractivity contribution in [3.05, 3.63) is 12.7 Å². The van der Waals surface area contributed by atoms with E-state index in [1.54, 1.807) is 6.08 Å². The van der Waals surface area contributed by atoms with Crippen LogP contribution in [0.15, 0.2) is 12.7 Å². The zero-order valence-corrected chi connectivity index (χ0v) is 7.26. The molecular weight excluding hydrogens is 124 g/mol. The van der Waals surface area contributed by atoms with Gasteiger partial charge in [-0.2, -0.15) is 0 Å². The molecule has 0 fully saturated rings. The normalized spacial score (nSPS) is 13.6. The molecule has 60 valence electrons. The third kappa shape index (κ3) is 5.83. The van der Waals surface area contributed by atoms with Gasteiger partial charge in [0.1, 0.15) is 0 Å². The van der Waals surface area contributed by atoms with Gasteiger partial charge < -0.3 is 4.74 Å². The van der Waals surface area contributed by atoms with E-state index in [1.807, 2.05) is 0 Å². The maximum Gasteiger partial charge on any atom is 0.0648 e. The van der Waals surface area contributed by atoms with Crippen molar-refractivity contribution in [1.29, 1.82) is 0 Å². The van der Waals surface area contributed by atoms with Crippen LogP contribution in [0.4, 0.5) is 0 Å². The molecule has 0 spiro atoms. The maximum absolute atomic E-state index is 5.38. The maximum atomic E-state index is 5.38. The predicted molar refractivity (Wildman–Crippen MR) is 45.1 cm³/mol. The first kappa shape index (κ1) is 9.70. The summed E-state index contributed by atoms with van der Waals surface area (Å²) in [6.07, 6.45) is 3.29. The van der Waals surface area contributed by atoms with Gasteiger partial charge in [-0.3, -0.25) is 0 Å². The number of hydrogen-bond donors (Lipinski definition) is 0. The van der Waals surface area contributed by atoms with Gasteiger partial charge in [-0.25, -0.2) is 0 Å². The lowest BCUT2D eigenvalue weighted by atomic mass is 10.1. The van der Waals surface area contributed by atoms with Gasteiger partial charge in [-0.15, -0.1) is 6.58 Å². The third-order valence-electron chi connectivity index (χ3n) is 1.30. The zero-order valence-electron chi connectivity index (χ0n) is 7.26. The first-order valence-corrected chi connectivity index (χ1v) is 3.89. The van der Waals surface area contributed by atoms with Crippen molar-refractivity contribution in [3.63, 3.8) is 0 Å². The van der Waals surface area contributed by atoms with Crippen LogP contribution in [-0.2, 0) is 4.74 Å². The molecule has 0 aromatic heterocycles. The molecule has 0 heterocycles. The molecule has 0 N–H and O–H groups in total. The Morgan fingerprint density at radius 3 is 2.40 bits per heavy atom. The molecule has 1 heteroatoms. The monoisotopic (exact) mass is 142 g/mol. The molecule has 1 atom stereocenters. The standard InChI is InChI=1S/C9H18O/c1-5-6-10-9(4)7-8(2)3/h5,8-9H,1,6-7H2,2-4H3. The van der Waals surface area contributed by atoms with Gasteiger partial charge >= 0.3 is 0 Å². The zero-order chi connectivity index (χ0) is 7.98. The van der Waals surface area contributed by atoms with E-state index in [9.17, 15) is 0 Å². The van der Waals surface area contributed by atoms with Crippen molar-refractivity contribution in [2.45, 2.75) is 33.3 Å². The highest BCUT2D eigenvalue weighted by Crippen LogP contribution is 2.06. The highest BCUT2D eigenvalue weighted by Gasteiger charge is 2.02. The van der Waals surface area contributed by atoms with Crippen LogP contribution in [0.3, 0.4) is 0 Å². The highest BCUT2D eigenvalue weighted by molar-refractivity contribution is 4.65. The summed E-state index contributed by atoms with van der Waals surface area (Å²) in [6.45, 7) is 10.8. The van der Waals surface area contributed by atoms with Crippen LogP contribution in [0.25, 0.3) is 0 Å². The minimum absolute atomic E-state index is 0.373. The minimum Gasteiger partial charge on any atom is -0.374 e. The molecule has 0 aliphatic heterocycles. The molecule has 0 aromatic rings. The SMILES string of the molecule is C=CCOC(C)CC(C)C. The first-order chi connectivity index (χ1) is 4.66. The van der Waals surface area contributed by atoms with Gasteiger partial charge in [0.15, 0.2) is 0 Å². The van der Waals surface area contributed by atoms with E-state index in [2.05, 4.69) is 27.4 Å². The second-order valence-corrected chi connectivity index (χ2v) is 3.06. The predicted octanol–water partition coefficient (Wildman–Crippen LogP) is 2.62. The van der Waals surface area contributed by atoms with E-state index in [0.29, 0.717) is 12.7 Å². The van der Waals surface area contributed by atoms with E-state index in [1.165, 1.54) is 0 Å². The lowest BCUT2D eigenvalue weighted by Gasteiger charge is -2.13. The summed E-state index contributed by atoms with van der Waals surface area (Å²) in [5, 5.41) is 0. The number of hydrogen-bond acceptors (Lipinski definition) is 1. The van der Waals surface area contributed by atoms with E-state index in [4.69, 9.17) is 4.74 Å². The van der Waals surface area contributed by atoms with Gasteiger partial charge in [0, 0.05) is 0 Å². The lowest BCUT2D eigenvalue weighted by Crippen LogP contribution is -2.10. The van der Waals surface area contributed by atoms with E-state index < -0.39 is 0 Å². The Balaban J connectivity index is 3.24. The van der Waals surface area contributed by atoms with Crippen molar-refractivity contribution in [3.8, 4) is 0 Å². The fraction of sp³-hybridized carbons (Fsp3) is 0.778. The molecule has 0 saturated heterocycles. The second-order valence-electron chi connectivity index (χ2n) is 3.06. The molecule has 1 nitrogen and oxygen atoms in total. The topological polar surface area (TPSA) is 9.23 Å². The summed E-state index contributed by atoms with van der Waals surface area (Å²) in [6, 6.07) is 0. The molecule has 0 saturated carbocycles. The van der Waals surface area contributed by atoms with Crippen LogP contribution in [0.5, 0.6) is 0 Å². The molecule has 0 aliphatic carbocycles. The lowest BCUT2D eigenvalue weighted by molar-refractivity contribution is 0.0726. The van der Waals surface area contributed by atoms with Crippen LogP contribution in [0, 0.1) is 5.92 Å². The fourth-order valence-corrected chi connectivity index (χ4v) is 0.964. The largest absolute Gasteiger partial charge is 0.374 e. The molecule has 1 unspecified atom stereocenters. The average Bonchev–Trinajstić information content (AvgIpc) is 1.82. The summed E-state index contributed by atoms with van der Waals surface area (Å²) in [7, 11) is 0. The molecule has 0 rings (SSSR count). The summed E-state index contributed by atoms with van der Waals surface area (Å²) < 4.78 is 5.38. The van der Waals surface area contributed by atoms with E-state index in [-0.39, 0.29) is 0 Å². The Hall–Kier alpha value is -0.300. The number of ether oxygens (including phenoxy) is 1. The molecule has 0 aromatic carbocycles. The van der Waals surface area contributed by atoms with Crippen LogP contribution in [0.1, 0.15) is 27.2 Å². The first-order valence-electron chi connectivity index (χ1n) is 3.89. The molecule has 0 aliphatic rings. The second kappa shape index (κ2) is 5.48. The summed E-state index contributed by atoms with van der Waals surface area (Å²) in [4.78, 5) is 0. The Labute approximate surface area is 64.1 Å². The summed E-state index contributed by atoms with van der Waals surface area (Å²) in [5.74, 6) is 0.722. The van der Waals surface area contributed by atoms with Crippen molar-refractivity contribution in [1.82, 2.24) is 0 Å². The van der Waals surface area contributed by atoms with Crippen molar-refractivity contribution >= 4 is 0 Å². The van der Waals surface area contributed by atoms with Crippen LogP contribution in [-0.4, -0.2) is 12.7 Å². The van der Waals surface area contributed by atoms with Gasteiger partial charge in [-0.05, 0) is 19.3 Å².